The highest BCUT2D eigenvalue weighted by Gasteiger charge is 2.32. The Bertz CT molecular complexity index is 339. The van der Waals surface area contributed by atoms with Crippen molar-refractivity contribution >= 4 is 17.9 Å². The van der Waals surface area contributed by atoms with Crippen molar-refractivity contribution in [3.8, 4) is 0 Å². The lowest BCUT2D eigenvalue weighted by molar-refractivity contribution is -0.158. The van der Waals surface area contributed by atoms with E-state index in [4.69, 9.17) is 14.2 Å². The van der Waals surface area contributed by atoms with Gasteiger partial charge in [-0.3, -0.25) is 14.4 Å². The summed E-state index contributed by atoms with van der Waals surface area (Å²) in [6.45, 7) is 7.54. The van der Waals surface area contributed by atoms with Crippen molar-refractivity contribution in [2.75, 3.05) is 19.8 Å². The molecule has 0 saturated heterocycles. The Morgan fingerprint density at radius 2 is 1.43 bits per heavy atom. The van der Waals surface area contributed by atoms with E-state index in [1.165, 1.54) is 0 Å². The third kappa shape index (κ3) is 7.68. The van der Waals surface area contributed by atoms with Gasteiger partial charge in [-0.2, -0.15) is 0 Å². The molecule has 0 aliphatic rings. The van der Waals surface area contributed by atoms with Gasteiger partial charge in [-0.1, -0.05) is 6.92 Å². The summed E-state index contributed by atoms with van der Waals surface area (Å²) in [5, 5.41) is 0. The summed E-state index contributed by atoms with van der Waals surface area (Å²) in [4.78, 5) is 34.9. The molecule has 0 heterocycles. The second-order valence-corrected chi connectivity index (χ2v) is 4.40. The molecule has 0 spiro atoms. The lowest BCUT2D eigenvalue weighted by Crippen LogP contribution is -2.31. The van der Waals surface area contributed by atoms with Crippen LogP contribution in [0.1, 0.15) is 40.5 Å². The number of ether oxygens (including phenoxy) is 3. The third-order valence-electron chi connectivity index (χ3n) is 2.83. The molecule has 21 heavy (non-hydrogen) atoms. The molecule has 6 nitrogen and oxygen atoms in total. The van der Waals surface area contributed by atoms with E-state index in [1.807, 2.05) is 0 Å². The minimum Gasteiger partial charge on any atom is -0.466 e. The largest absolute Gasteiger partial charge is 0.466 e. The van der Waals surface area contributed by atoms with Crippen molar-refractivity contribution in [3.05, 3.63) is 6.42 Å². The predicted molar refractivity (Wildman–Crippen MR) is 76.1 cm³/mol. The first-order chi connectivity index (χ1) is 9.97. The van der Waals surface area contributed by atoms with E-state index in [9.17, 15) is 14.4 Å². The van der Waals surface area contributed by atoms with Gasteiger partial charge in [0.2, 0.25) is 0 Å². The molecule has 2 atom stereocenters. The molecule has 0 aromatic carbocycles. The number of hydrogen-bond acceptors (Lipinski definition) is 6. The topological polar surface area (TPSA) is 78.9 Å². The van der Waals surface area contributed by atoms with Gasteiger partial charge in [0.1, 0.15) is 0 Å². The molecule has 0 N–H and O–H groups in total. The Hall–Kier alpha value is -1.59. The van der Waals surface area contributed by atoms with E-state index >= 15 is 0 Å². The number of carbonyl (C=O) groups is 3. The van der Waals surface area contributed by atoms with E-state index in [1.54, 1.807) is 34.1 Å². The predicted octanol–water partition coefficient (Wildman–Crippen LogP) is 1.91. The molecule has 2 unspecified atom stereocenters. The first-order valence-corrected chi connectivity index (χ1v) is 7.30. The molecule has 0 fully saturated rings. The van der Waals surface area contributed by atoms with Crippen LogP contribution in [0.5, 0.6) is 0 Å². The summed E-state index contributed by atoms with van der Waals surface area (Å²) in [6, 6.07) is 0. The highest BCUT2D eigenvalue weighted by atomic mass is 16.5. The molecule has 0 amide bonds. The molecule has 0 saturated carbocycles. The van der Waals surface area contributed by atoms with Gasteiger partial charge in [0, 0.05) is 6.42 Å². The zero-order chi connectivity index (χ0) is 16.3. The Morgan fingerprint density at radius 3 is 1.95 bits per heavy atom. The van der Waals surface area contributed by atoms with Gasteiger partial charge in [-0.15, -0.1) is 0 Å². The van der Waals surface area contributed by atoms with Crippen LogP contribution in [-0.2, 0) is 28.6 Å². The van der Waals surface area contributed by atoms with Crippen LogP contribution in [0.15, 0.2) is 0 Å². The Labute approximate surface area is 126 Å². The van der Waals surface area contributed by atoms with Crippen LogP contribution in [0.2, 0.25) is 0 Å². The average Bonchev–Trinajstić information content (AvgIpc) is 2.43. The summed E-state index contributed by atoms with van der Waals surface area (Å²) >= 11 is 0. The van der Waals surface area contributed by atoms with Crippen LogP contribution in [0.25, 0.3) is 0 Å². The van der Waals surface area contributed by atoms with Gasteiger partial charge >= 0.3 is 17.9 Å². The molecule has 6 heteroatoms. The highest BCUT2D eigenvalue weighted by Crippen LogP contribution is 2.21. The molecule has 121 valence electrons. The Morgan fingerprint density at radius 1 is 0.905 bits per heavy atom. The molecule has 0 rings (SSSR count). The zero-order valence-corrected chi connectivity index (χ0v) is 13.2. The Balaban J connectivity index is 4.56. The maximum Gasteiger partial charge on any atom is 0.310 e. The lowest BCUT2D eigenvalue weighted by atomic mass is 9.89. The number of hydrogen-bond donors (Lipinski definition) is 0. The summed E-state index contributed by atoms with van der Waals surface area (Å²) in [5.41, 5.74) is 0. The fraction of sp³-hybridized carbons (Fsp3) is 0.733. The quantitative estimate of drug-likeness (QED) is 0.453. The normalized spacial score (nSPS) is 13.1. The van der Waals surface area contributed by atoms with Gasteiger partial charge in [0.05, 0.1) is 31.7 Å². The molecule has 1 radical (unpaired) electrons. The molecule has 0 aliphatic carbocycles. The summed E-state index contributed by atoms with van der Waals surface area (Å²) in [5.74, 6) is -2.64. The molecule has 0 aromatic heterocycles. The molecular weight excluding hydrogens is 276 g/mol. The van der Waals surface area contributed by atoms with Crippen LogP contribution >= 0.6 is 0 Å². The van der Waals surface area contributed by atoms with Crippen LogP contribution in [0.3, 0.4) is 0 Å². The second-order valence-electron chi connectivity index (χ2n) is 4.40. The van der Waals surface area contributed by atoms with Gasteiger partial charge in [0.25, 0.3) is 0 Å². The van der Waals surface area contributed by atoms with Crippen molar-refractivity contribution in [2.45, 2.75) is 40.5 Å². The van der Waals surface area contributed by atoms with E-state index in [2.05, 4.69) is 0 Å². The fourth-order valence-electron chi connectivity index (χ4n) is 1.78. The van der Waals surface area contributed by atoms with E-state index < -0.39 is 23.8 Å². The summed E-state index contributed by atoms with van der Waals surface area (Å²) < 4.78 is 14.7. The van der Waals surface area contributed by atoms with Crippen molar-refractivity contribution < 1.29 is 28.6 Å². The van der Waals surface area contributed by atoms with Crippen molar-refractivity contribution in [2.24, 2.45) is 11.8 Å². The van der Waals surface area contributed by atoms with E-state index in [-0.39, 0.29) is 25.6 Å². The number of esters is 3. The van der Waals surface area contributed by atoms with Crippen LogP contribution < -0.4 is 0 Å². The zero-order valence-electron chi connectivity index (χ0n) is 13.2. The highest BCUT2D eigenvalue weighted by molar-refractivity contribution is 5.83. The summed E-state index contributed by atoms with van der Waals surface area (Å²) in [7, 11) is 0. The molecule has 0 bridgehead atoms. The maximum atomic E-state index is 11.9. The first kappa shape index (κ1) is 19.4. The van der Waals surface area contributed by atoms with Crippen molar-refractivity contribution in [1.82, 2.24) is 0 Å². The van der Waals surface area contributed by atoms with Crippen molar-refractivity contribution in [3.63, 3.8) is 0 Å². The fourth-order valence-corrected chi connectivity index (χ4v) is 1.78. The Kier molecular flexibility index (Phi) is 10.3. The van der Waals surface area contributed by atoms with E-state index in [0.717, 1.165) is 0 Å². The van der Waals surface area contributed by atoms with Gasteiger partial charge in [0.15, 0.2) is 0 Å². The average molecular weight is 301 g/mol. The van der Waals surface area contributed by atoms with E-state index in [0.29, 0.717) is 13.0 Å². The van der Waals surface area contributed by atoms with Gasteiger partial charge in [-0.25, -0.2) is 0 Å². The molecule has 0 aliphatic heterocycles. The summed E-state index contributed by atoms with van der Waals surface area (Å²) in [6.07, 6.45) is 2.13. The van der Waals surface area contributed by atoms with Gasteiger partial charge < -0.3 is 14.2 Å². The monoisotopic (exact) mass is 301 g/mol. The van der Waals surface area contributed by atoms with Crippen molar-refractivity contribution in [1.29, 1.82) is 0 Å². The van der Waals surface area contributed by atoms with Crippen LogP contribution in [-0.4, -0.2) is 37.7 Å². The molecule has 0 aromatic rings. The minimum atomic E-state index is -0.724. The minimum absolute atomic E-state index is 0.166. The van der Waals surface area contributed by atoms with Crippen LogP contribution in [0.4, 0.5) is 0 Å². The molecular formula is C15H25O6. The van der Waals surface area contributed by atoms with Crippen LogP contribution in [0, 0.1) is 18.3 Å². The SMILES string of the molecule is CCOC(=O)CC[CH]C(C(=O)OCC)C(C)C(=O)OCC. The smallest absolute Gasteiger partial charge is 0.310 e. The number of rotatable bonds is 10. The standard InChI is InChI=1S/C15H25O6/c1-5-19-13(16)10-8-9-12(15(18)21-7-3)11(4)14(17)20-6-2/h9,11-12H,5-8,10H2,1-4H3. The maximum absolute atomic E-state index is 11.9. The first-order valence-electron chi connectivity index (χ1n) is 7.30. The number of carbonyl (C=O) groups excluding carboxylic acids is 3. The van der Waals surface area contributed by atoms with Gasteiger partial charge in [-0.05, 0) is 33.6 Å². The lowest BCUT2D eigenvalue weighted by Gasteiger charge is -2.20. The third-order valence-corrected chi connectivity index (χ3v) is 2.83. The second kappa shape index (κ2) is 11.1.